The van der Waals surface area contributed by atoms with Gasteiger partial charge in [-0.1, -0.05) is 24.3 Å². The fourth-order valence-electron chi connectivity index (χ4n) is 3.29. The summed E-state index contributed by atoms with van der Waals surface area (Å²) < 4.78 is 5.51. The van der Waals surface area contributed by atoms with Crippen LogP contribution in [0.2, 0.25) is 0 Å². The topological polar surface area (TPSA) is 45.7 Å². The number of hydrogen-bond acceptors (Lipinski definition) is 4. The van der Waals surface area contributed by atoms with E-state index in [1.807, 2.05) is 53.6 Å². The maximum atomic E-state index is 12.1. The van der Waals surface area contributed by atoms with Gasteiger partial charge in [0.15, 0.2) is 0 Å². The van der Waals surface area contributed by atoms with Gasteiger partial charge in [-0.3, -0.25) is 14.7 Å². The zero-order valence-corrected chi connectivity index (χ0v) is 14.2. The monoisotopic (exact) mass is 325 g/mol. The Hall–Kier alpha value is -2.40. The van der Waals surface area contributed by atoms with E-state index in [4.69, 9.17) is 4.74 Å². The first kappa shape index (κ1) is 16.5. The molecule has 24 heavy (non-hydrogen) atoms. The van der Waals surface area contributed by atoms with Crippen molar-refractivity contribution < 1.29 is 9.53 Å². The Bertz CT molecular complexity index is 690. The number of amides is 1. The first-order valence-corrected chi connectivity index (χ1v) is 8.21. The third-order valence-electron chi connectivity index (χ3n) is 4.48. The number of para-hydroxylation sites is 1. The van der Waals surface area contributed by atoms with Crippen molar-refractivity contribution in [3.8, 4) is 5.75 Å². The van der Waals surface area contributed by atoms with Gasteiger partial charge in [0, 0.05) is 44.9 Å². The van der Waals surface area contributed by atoms with Crippen LogP contribution in [0.15, 0.2) is 48.7 Å². The zero-order valence-electron chi connectivity index (χ0n) is 14.2. The van der Waals surface area contributed by atoms with Crippen LogP contribution in [0.25, 0.3) is 0 Å². The lowest BCUT2D eigenvalue weighted by Crippen LogP contribution is -2.49. The lowest BCUT2D eigenvalue weighted by Gasteiger charge is -2.41. The Morgan fingerprint density at radius 1 is 1.21 bits per heavy atom. The SMILES string of the molecule is COc1ccccc1[C@@H]1CN(Cc2ccccn2)CCN1C(C)=O. The number of carbonyl (C=O) groups excluding carboxylic acids is 1. The van der Waals surface area contributed by atoms with Gasteiger partial charge in [0.05, 0.1) is 18.8 Å². The van der Waals surface area contributed by atoms with Crippen LogP contribution in [-0.4, -0.2) is 47.4 Å². The number of carbonyl (C=O) groups is 1. The number of rotatable bonds is 4. The van der Waals surface area contributed by atoms with E-state index in [0.717, 1.165) is 36.6 Å². The van der Waals surface area contributed by atoms with Crippen molar-refractivity contribution in [2.75, 3.05) is 26.7 Å². The maximum absolute atomic E-state index is 12.1. The van der Waals surface area contributed by atoms with Crippen LogP contribution in [0.1, 0.15) is 24.2 Å². The number of aromatic nitrogens is 1. The van der Waals surface area contributed by atoms with Crippen LogP contribution in [0.3, 0.4) is 0 Å². The molecule has 0 unspecified atom stereocenters. The molecule has 5 heteroatoms. The van der Waals surface area contributed by atoms with Gasteiger partial charge in [-0.25, -0.2) is 0 Å². The van der Waals surface area contributed by atoms with Gasteiger partial charge in [0.1, 0.15) is 5.75 Å². The Labute approximate surface area is 142 Å². The van der Waals surface area contributed by atoms with E-state index in [0.29, 0.717) is 6.54 Å². The van der Waals surface area contributed by atoms with E-state index in [1.165, 1.54) is 0 Å². The molecule has 0 radical (unpaired) electrons. The van der Waals surface area contributed by atoms with Crippen LogP contribution in [-0.2, 0) is 11.3 Å². The smallest absolute Gasteiger partial charge is 0.220 e. The molecule has 5 nitrogen and oxygen atoms in total. The summed E-state index contributed by atoms with van der Waals surface area (Å²) >= 11 is 0. The van der Waals surface area contributed by atoms with Crippen molar-refractivity contribution in [2.45, 2.75) is 19.5 Å². The van der Waals surface area contributed by atoms with Gasteiger partial charge >= 0.3 is 0 Å². The number of benzene rings is 1. The molecule has 1 aliphatic heterocycles. The minimum absolute atomic E-state index is 0.00360. The normalized spacial score (nSPS) is 18.4. The van der Waals surface area contributed by atoms with Gasteiger partial charge in [-0.2, -0.15) is 0 Å². The van der Waals surface area contributed by atoms with Crippen molar-refractivity contribution in [1.82, 2.24) is 14.8 Å². The van der Waals surface area contributed by atoms with Crippen LogP contribution < -0.4 is 4.74 Å². The number of hydrogen-bond donors (Lipinski definition) is 0. The molecule has 0 spiro atoms. The fourth-order valence-corrected chi connectivity index (χ4v) is 3.29. The number of pyridine rings is 1. The Morgan fingerprint density at radius 3 is 2.71 bits per heavy atom. The highest BCUT2D eigenvalue weighted by Gasteiger charge is 2.31. The molecule has 0 N–H and O–H groups in total. The summed E-state index contributed by atoms with van der Waals surface area (Å²) in [5.74, 6) is 0.928. The average Bonchev–Trinajstić information content (AvgIpc) is 2.62. The summed E-state index contributed by atoms with van der Waals surface area (Å²) in [6.45, 7) is 4.76. The Morgan fingerprint density at radius 2 is 2.00 bits per heavy atom. The van der Waals surface area contributed by atoms with E-state index in [2.05, 4.69) is 9.88 Å². The maximum Gasteiger partial charge on any atom is 0.220 e. The van der Waals surface area contributed by atoms with Gasteiger partial charge in [0.2, 0.25) is 5.91 Å². The third-order valence-corrected chi connectivity index (χ3v) is 4.48. The van der Waals surface area contributed by atoms with E-state index in [1.54, 1.807) is 14.0 Å². The number of ether oxygens (including phenoxy) is 1. The van der Waals surface area contributed by atoms with E-state index in [9.17, 15) is 4.79 Å². The molecule has 0 bridgehead atoms. The molecule has 1 saturated heterocycles. The molecule has 1 amide bonds. The second kappa shape index (κ2) is 7.45. The predicted molar refractivity (Wildman–Crippen MR) is 92.6 cm³/mol. The van der Waals surface area contributed by atoms with Gasteiger partial charge in [0.25, 0.3) is 0 Å². The molecule has 3 rings (SSSR count). The second-order valence-electron chi connectivity index (χ2n) is 6.03. The second-order valence-corrected chi connectivity index (χ2v) is 6.03. The molecule has 0 aliphatic carbocycles. The average molecular weight is 325 g/mol. The van der Waals surface area contributed by atoms with Crippen LogP contribution in [0.4, 0.5) is 0 Å². The summed E-state index contributed by atoms with van der Waals surface area (Å²) in [5, 5.41) is 0. The summed E-state index contributed by atoms with van der Waals surface area (Å²) in [6, 6.07) is 13.9. The molecule has 2 aromatic rings. The minimum atomic E-state index is -0.00360. The number of nitrogens with zero attached hydrogens (tertiary/aromatic N) is 3. The molecular formula is C19H23N3O2. The highest BCUT2D eigenvalue weighted by molar-refractivity contribution is 5.74. The van der Waals surface area contributed by atoms with Crippen molar-refractivity contribution in [3.05, 3.63) is 59.9 Å². The van der Waals surface area contributed by atoms with E-state index < -0.39 is 0 Å². The molecule has 1 aromatic carbocycles. The van der Waals surface area contributed by atoms with Gasteiger partial charge < -0.3 is 9.64 Å². The third kappa shape index (κ3) is 3.57. The molecular weight excluding hydrogens is 302 g/mol. The van der Waals surface area contributed by atoms with Gasteiger partial charge in [-0.15, -0.1) is 0 Å². The molecule has 1 fully saturated rings. The largest absolute Gasteiger partial charge is 0.496 e. The number of piperazine rings is 1. The fraction of sp³-hybridized carbons (Fsp3) is 0.368. The van der Waals surface area contributed by atoms with Crippen LogP contribution in [0.5, 0.6) is 5.75 Å². The molecule has 2 heterocycles. The highest BCUT2D eigenvalue weighted by atomic mass is 16.5. The van der Waals surface area contributed by atoms with Crippen LogP contribution >= 0.6 is 0 Å². The van der Waals surface area contributed by atoms with Crippen molar-refractivity contribution in [3.63, 3.8) is 0 Å². The van der Waals surface area contributed by atoms with Crippen LogP contribution in [0, 0.1) is 0 Å². The molecule has 1 aromatic heterocycles. The minimum Gasteiger partial charge on any atom is -0.496 e. The van der Waals surface area contributed by atoms with E-state index in [-0.39, 0.29) is 11.9 Å². The Balaban J connectivity index is 1.83. The summed E-state index contributed by atoms with van der Waals surface area (Å²) in [5.41, 5.74) is 2.11. The van der Waals surface area contributed by atoms with Gasteiger partial charge in [-0.05, 0) is 18.2 Å². The molecule has 0 saturated carbocycles. The lowest BCUT2D eigenvalue weighted by atomic mass is 10.0. The molecule has 1 atom stereocenters. The summed E-state index contributed by atoms with van der Waals surface area (Å²) in [7, 11) is 1.67. The standard InChI is InChI=1S/C19H23N3O2/c1-15(23)22-12-11-21(13-16-7-5-6-10-20-16)14-18(22)17-8-3-4-9-19(17)24-2/h3-10,18H,11-14H2,1-2H3/t18-/m0/s1. The van der Waals surface area contributed by atoms with Crippen molar-refractivity contribution in [2.24, 2.45) is 0 Å². The zero-order chi connectivity index (χ0) is 16.9. The summed E-state index contributed by atoms with van der Waals surface area (Å²) in [4.78, 5) is 20.8. The molecule has 1 aliphatic rings. The van der Waals surface area contributed by atoms with Crippen molar-refractivity contribution in [1.29, 1.82) is 0 Å². The molecule has 126 valence electrons. The summed E-state index contributed by atoms with van der Waals surface area (Å²) in [6.07, 6.45) is 1.82. The lowest BCUT2D eigenvalue weighted by molar-refractivity contribution is -0.134. The van der Waals surface area contributed by atoms with Crippen molar-refractivity contribution >= 4 is 5.91 Å². The Kier molecular flexibility index (Phi) is 5.11. The quantitative estimate of drug-likeness (QED) is 0.866. The number of methoxy groups -OCH3 is 1. The first-order chi connectivity index (χ1) is 11.7. The highest BCUT2D eigenvalue weighted by Crippen LogP contribution is 2.32. The van der Waals surface area contributed by atoms with E-state index >= 15 is 0 Å². The predicted octanol–water partition coefficient (Wildman–Crippen LogP) is 2.50. The first-order valence-electron chi connectivity index (χ1n) is 8.21.